The number of carbonyl (C=O) groups excluding carboxylic acids is 2. The number of nitrogens with zero attached hydrogens (tertiary/aromatic N) is 1. The Morgan fingerprint density at radius 1 is 0.763 bits per heavy atom. The van der Waals surface area contributed by atoms with Crippen LogP contribution in [0.4, 0.5) is 0 Å². The van der Waals surface area contributed by atoms with Gasteiger partial charge in [-0.25, -0.2) is 0 Å². The smallest absolute Gasteiger partial charge is 0.311 e. The summed E-state index contributed by atoms with van der Waals surface area (Å²) in [5.74, 6) is -4.32. The molecule has 1 spiro atoms. The lowest BCUT2D eigenvalue weighted by molar-refractivity contribution is -0.308. The number of likely N-dealkylation sites (N-methyl/N-ethyl adjacent to an activating group) is 1. The average molecular weight is 866 g/mol. The van der Waals surface area contributed by atoms with Crippen LogP contribution < -0.4 is 0 Å². The van der Waals surface area contributed by atoms with Crippen molar-refractivity contribution in [1.82, 2.24) is 4.90 Å². The Hall–Kier alpha value is -1.07. The molecule has 0 radical (unpaired) electrons. The number of aliphatic hydroxyl groups excluding tert-OH is 6. The van der Waals surface area contributed by atoms with Crippen molar-refractivity contribution >= 4 is 23.5 Å². The second-order valence-electron chi connectivity index (χ2n) is 18.1. The molecule has 0 aromatic heterocycles. The van der Waals surface area contributed by atoms with Crippen molar-refractivity contribution in [2.24, 2.45) is 29.6 Å². The van der Waals surface area contributed by atoms with Crippen molar-refractivity contribution in [1.29, 1.82) is 0 Å². The molecular formula is C41H71NO16S. The molecule has 5 rings (SSSR count). The summed E-state index contributed by atoms with van der Waals surface area (Å²) in [5.41, 5.74) is -2.28. The zero-order chi connectivity index (χ0) is 43.8. The Morgan fingerprint density at radius 3 is 2.02 bits per heavy atom. The monoisotopic (exact) mass is 865 g/mol. The van der Waals surface area contributed by atoms with Crippen LogP contribution in [-0.2, 0) is 47.5 Å². The summed E-state index contributed by atoms with van der Waals surface area (Å²) in [6.07, 6.45) is -12.7. The molecular weight excluding hydrogens is 795 g/mol. The van der Waals surface area contributed by atoms with Crippen LogP contribution in [0.2, 0.25) is 0 Å². The molecule has 0 unspecified atom stereocenters. The van der Waals surface area contributed by atoms with Gasteiger partial charge in [-0.15, -0.1) is 11.8 Å². The molecule has 342 valence electrons. The first-order chi connectivity index (χ1) is 27.7. The fourth-order valence-electron chi connectivity index (χ4n) is 9.36. The highest BCUT2D eigenvalue weighted by atomic mass is 32.2. The molecule has 17 nitrogen and oxygen atoms in total. The number of epoxide rings is 1. The molecule has 23 atom stereocenters. The highest BCUT2D eigenvalue weighted by molar-refractivity contribution is 8.00. The number of carbonyl (C=O) groups is 2. The number of rotatable bonds is 9. The summed E-state index contributed by atoms with van der Waals surface area (Å²) in [7, 11) is 5.26. The van der Waals surface area contributed by atoms with Crippen molar-refractivity contribution < 1.29 is 78.1 Å². The Balaban J connectivity index is 1.56. The second kappa shape index (κ2) is 20.2. The van der Waals surface area contributed by atoms with E-state index in [1.807, 2.05) is 39.8 Å². The van der Waals surface area contributed by atoms with E-state index in [0.717, 1.165) is 11.8 Å². The molecule has 5 fully saturated rings. The van der Waals surface area contributed by atoms with Crippen LogP contribution in [-0.4, -0.2) is 190 Å². The van der Waals surface area contributed by atoms with Gasteiger partial charge in [0.25, 0.3) is 0 Å². The average Bonchev–Trinajstić information content (AvgIpc) is 3.98. The third-order valence-corrected chi connectivity index (χ3v) is 14.9. The number of hydrogen-bond acceptors (Lipinski definition) is 18. The number of cyclic esters (lactones) is 1. The fourth-order valence-corrected chi connectivity index (χ4v) is 10.6. The van der Waals surface area contributed by atoms with Gasteiger partial charge in [0.15, 0.2) is 24.0 Å². The lowest BCUT2D eigenvalue weighted by atomic mass is 9.76. The Morgan fingerprint density at radius 2 is 1.42 bits per heavy atom. The van der Waals surface area contributed by atoms with Crippen molar-refractivity contribution in [3.63, 3.8) is 0 Å². The standard InChI is InChI=1S/C41H71NO16S/c1-17-14-41(16-52-41)37(49)20(4)29(44)19(3)23(7)55-38(50)22(6)35(56-28-13-26(51-11)30(45)24(8)54-28)21(5)34(17)57-39-36(25(42(9)10)12-18(2)53-39)58-40-33(48)32(47)31(46)27(15-43)59-40/h17-36,39-40,43-48H,12-16H2,1-11H3/t17-,18+,19-,20+,21+,22-,23+,24-,25-,26-,27+,28-,29-,30-,31+,32-,33+,34-,35-,36+,39-,40+,41+/m0/s1. The highest BCUT2D eigenvalue weighted by Crippen LogP contribution is 2.44. The normalized spacial score (nSPS) is 50.7. The lowest BCUT2D eigenvalue weighted by Crippen LogP contribution is -2.61. The van der Waals surface area contributed by atoms with E-state index >= 15 is 0 Å². The third-order valence-electron chi connectivity index (χ3n) is 13.5. The predicted molar refractivity (Wildman–Crippen MR) is 213 cm³/mol. The van der Waals surface area contributed by atoms with Crippen LogP contribution in [0, 0.1) is 29.6 Å². The largest absolute Gasteiger partial charge is 0.462 e. The molecule has 5 aliphatic rings. The molecule has 0 aliphatic carbocycles. The second-order valence-corrected chi connectivity index (χ2v) is 19.5. The molecule has 0 amide bonds. The number of Topliss-reactive ketones (excluding diaryl/α,β-unsaturated/α-hetero) is 1. The molecule has 6 N–H and O–H groups in total. The van der Waals surface area contributed by atoms with Gasteiger partial charge in [-0.1, -0.05) is 27.7 Å². The van der Waals surface area contributed by atoms with E-state index in [1.165, 1.54) is 7.11 Å². The summed E-state index contributed by atoms with van der Waals surface area (Å²) in [6.45, 7) is 13.9. The Kier molecular flexibility index (Phi) is 16.7. The van der Waals surface area contributed by atoms with Crippen LogP contribution in [0.1, 0.15) is 74.7 Å². The van der Waals surface area contributed by atoms with E-state index in [2.05, 4.69) is 0 Å². The first-order valence-electron chi connectivity index (χ1n) is 21.2. The Bertz CT molecular complexity index is 1390. The summed E-state index contributed by atoms with van der Waals surface area (Å²) in [4.78, 5) is 30.3. The zero-order valence-corrected chi connectivity index (χ0v) is 37.2. The van der Waals surface area contributed by atoms with E-state index in [0.29, 0.717) is 6.42 Å². The molecule has 5 saturated heterocycles. The number of esters is 1. The molecule has 0 bridgehead atoms. The van der Waals surface area contributed by atoms with Crippen LogP contribution >= 0.6 is 11.8 Å². The van der Waals surface area contributed by atoms with Crippen LogP contribution in [0.3, 0.4) is 0 Å². The van der Waals surface area contributed by atoms with Crippen molar-refractivity contribution in [2.45, 2.75) is 183 Å². The lowest BCUT2D eigenvalue weighted by Gasteiger charge is -2.49. The minimum Gasteiger partial charge on any atom is -0.462 e. The van der Waals surface area contributed by atoms with Gasteiger partial charge in [0.05, 0.1) is 67.1 Å². The van der Waals surface area contributed by atoms with Crippen LogP contribution in [0.15, 0.2) is 0 Å². The van der Waals surface area contributed by atoms with E-state index in [9.17, 15) is 40.2 Å². The maximum absolute atomic E-state index is 14.2. The van der Waals surface area contributed by atoms with E-state index in [-0.39, 0.29) is 37.4 Å². The van der Waals surface area contributed by atoms with E-state index in [1.54, 1.807) is 34.6 Å². The minimum atomic E-state index is -1.58. The van der Waals surface area contributed by atoms with Gasteiger partial charge in [0.1, 0.15) is 36.0 Å². The molecule has 18 heteroatoms. The summed E-state index contributed by atoms with van der Waals surface area (Å²) < 4.78 is 50.7. The van der Waals surface area contributed by atoms with Crippen molar-refractivity contribution in [2.75, 3.05) is 34.4 Å². The molecule has 0 aromatic carbocycles. The molecule has 5 aliphatic heterocycles. The minimum absolute atomic E-state index is 0.153. The predicted octanol–water partition coefficient (Wildman–Crippen LogP) is 0.449. The topological polar surface area (TPSA) is 236 Å². The molecule has 0 saturated carbocycles. The maximum atomic E-state index is 14.2. The number of ether oxygens (including phenoxy) is 8. The van der Waals surface area contributed by atoms with Gasteiger partial charge >= 0.3 is 5.97 Å². The van der Waals surface area contributed by atoms with E-state index in [4.69, 9.17) is 37.9 Å². The Labute approximate surface area is 352 Å². The van der Waals surface area contributed by atoms with E-state index < -0.39 is 138 Å². The number of hydrogen-bond donors (Lipinski definition) is 6. The summed E-state index contributed by atoms with van der Waals surface area (Å²) in [5, 5.41) is 63.8. The summed E-state index contributed by atoms with van der Waals surface area (Å²) in [6, 6.07) is -0.335. The molecule has 0 aromatic rings. The first-order valence-corrected chi connectivity index (χ1v) is 22.1. The van der Waals surface area contributed by atoms with Crippen molar-refractivity contribution in [3.8, 4) is 0 Å². The SMILES string of the molecule is CO[C@H]1C[C@H](O[C@H]2[C@H](C)[C@@H](O[C@@H]3O[C@H](C)C[C@H](N(C)C)[C@H]3O[C@@H]3S[C@H](CO)[C@@H](O)[C@H](O)[C@H]3O)[C@@H](C)C[C@@]3(CO3)C(=O)[C@H](C)[C@@H](O)[C@@H](C)[C@@H](C)OC(=O)[C@H]2C)O[C@@H](C)[C@@H]1O. The van der Waals surface area contributed by atoms with Crippen LogP contribution in [0.25, 0.3) is 0 Å². The van der Waals surface area contributed by atoms with Crippen molar-refractivity contribution in [3.05, 3.63) is 0 Å². The quantitative estimate of drug-likeness (QED) is 0.136. The van der Waals surface area contributed by atoms with Gasteiger partial charge in [0, 0.05) is 37.3 Å². The number of ketones is 1. The first kappa shape index (κ1) is 49.0. The van der Waals surface area contributed by atoms with Gasteiger partial charge < -0.3 is 73.4 Å². The van der Waals surface area contributed by atoms with Gasteiger partial charge in [-0.3, -0.25) is 9.59 Å². The highest BCUT2D eigenvalue weighted by Gasteiger charge is 2.58. The number of thioether (sulfide) groups is 1. The fraction of sp³-hybridized carbons (Fsp3) is 0.951. The van der Waals surface area contributed by atoms with Gasteiger partial charge in [0.2, 0.25) is 0 Å². The van der Waals surface area contributed by atoms with Gasteiger partial charge in [-0.2, -0.15) is 0 Å². The summed E-state index contributed by atoms with van der Waals surface area (Å²) >= 11 is 1.01. The molecule has 5 heterocycles. The zero-order valence-electron chi connectivity index (χ0n) is 36.4. The maximum Gasteiger partial charge on any atom is 0.311 e. The van der Waals surface area contributed by atoms with Crippen LogP contribution in [0.5, 0.6) is 0 Å². The van der Waals surface area contributed by atoms with Gasteiger partial charge in [-0.05, 0) is 60.5 Å². The number of aliphatic hydroxyl groups is 6. The third kappa shape index (κ3) is 10.7. The molecule has 59 heavy (non-hydrogen) atoms. The number of methoxy groups -OCH3 is 1.